The number of urea groups is 1. The molecule has 0 saturated carbocycles. The number of hydrogen-bond acceptors (Lipinski definition) is 4. The molecular formula is C13H23N5O3. The molecule has 1 unspecified atom stereocenters. The molecule has 0 fully saturated rings. The van der Waals surface area contributed by atoms with Gasteiger partial charge in [-0.15, -0.1) is 5.10 Å². The van der Waals surface area contributed by atoms with E-state index in [0.717, 1.165) is 0 Å². The van der Waals surface area contributed by atoms with Gasteiger partial charge in [-0.05, 0) is 11.8 Å². The van der Waals surface area contributed by atoms with Gasteiger partial charge in [0.25, 0.3) is 0 Å². The van der Waals surface area contributed by atoms with Crippen molar-refractivity contribution in [2.75, 3.05) is 13.1 Å². The highest BCUT2D eigenvalue weighted by Gasteiger charge is 2.24. The number of aliphatic carboxylic acids is 1. The molecule has 0 aromatic carbocycles. The molecule has 0 bridgehead atoms. The van der Waals surface area contributed by atoms with Crippen LogP contribution in [-0.2, 0) is 11.3 Å². The van der Waals surface area contributed by atoms with Crippen molar-refractivity contribution in [3.63, 3.8) is 0 Å². The first-order valence-corrected chi connectivity index (χ1v) is 6.86. The molecule has 3 N–H and O–H groups in total. The summed E-state index contributed by atoms with van der Waals surface area (Å²) in [5.74, 6) is -1.49. The minimum Gasteiger partial charge on any atom is -0.481 e. The third kappa shape index (κ3) is 7.28. The van der Waals surface area contributed by atoms with Crippen molar-refractivity contribution in [2.24, 2.45) is 11.3 Å². The van der Waals surface area contributed by atoms with E-state index >= 15 is 0 Å². The summed E-state index contributed by atoms with van der Waals surface area (Å²) in [6, 6.07) is -0.379. The molecule has 0 saturated heterocycles. The molecule has 1 heterocycles. The van der Waals surface area contributed by atoms with Crippen molar-refractivity contribution in [3.8, 4) is 0 Å². The van der Waals surface area contributed by atoms with Crippen LogP contribution in [0.15, 0.2) is 12.4 Å². The fourth-order valence-corrected chi connectivity index (χ4v) is 1.90. The van der Waals surface area contributed by atoms with Crippen LogP contribution in [0, 0.1) is 11.3 Å². The number of hydrogen-bond donors (Lipinski definition) is 3. The first-order chi connectivity index (χ1) is 9.78. The highest BCUT2D eigenvalue weighted by atomic mass is 16.4. The van der Waals surface area contributed by atoms with Gasteiger partial charge in [0.15, 0.2) is 0 Å². The number of aromatic nitrogens is 3. The zero-order chi connectivity index (χ0) is 15.9. The smallest absolute Gasteiger partial charge is 0.314 e. The summed E-state index contributed by atoms with van der Waals surface area (Å²) in [4.78, 5) is 22.8. The SMILES string of the molecule is CC(C)(C)CC(CNC(=O)NCCn1ccnn1)C(=O)O. The summed E-state index contributed by atoms with van der Waals surface area (Å²) in [7, 11) is 0. The minimum atomic E-state index is -0.896. The zero-order valence-electron chi connectivity index (χ0n) is 12.7. The minimum absolute atomic E-state index is 0.103. The predicted molar refractivity (Wildman–Crippen MR) is 76.6 cm³/mol. The second-order valence-electron chi connectivity index (χ2n) is 6.10. The normalized spacial score (nSPS) is 12.7. The second kappa shape index (κ2) is 7.61. The van der Waals surface area contributed by atoms with E-state index < -0.39 is 11.9 Å². The summed E-state index contributed by atoms with van der Waals surface area (Å²) in [5.41, 5.74) is -0.103. The topological polar surface area (TPSA) is 109 Å². The third-order valence-corrected chi connectivity index (χ3v) is 2.82. The van der Waals surface area contributed by atoms with E-state index in [-0.39, 0.29) is 18.0 Å². The van der Waals surface area contributed by atoms with Crippen LogP contribution in [0.3, 0.4) is 0 Å². The lowest BCUT2D eigenvalue weighted by atomic mass is 9.84. The highest BCUT2D eigenvalue weighted by Crippen LogP contribution is 2.24. The van der Waals surface area contributed by atoms with Crippen LogP contribution in [-0.4, -0.2) is 45.2 Å². The van der Waals surface area contributed by atoms with Crippen molar-refractivity contribution in [3.05, 3.63) is 12.4 Å². The van der Waals surface area contributed by atoms with E-state index in [1.54, 1.807) is 17.1 Å². The summed E-state index contributed by atoms with van der Waals surface area (Å²) in [6.45, 7) is 6.94. The standard InChI is InChI=1S/C13H23N5O3/c1-13(2,3)8-10(11(19)20)9-15-12(21)14-4-6-18-7-5-16-17-18/h5,7,10H,4,6,8-9H2,1-3H3,(H,19,20)(H2,14,15,21). The third-order valence-electron chi connectivity index (χ3n) is 2.82. The molecule has 1 aromatic rings. The first-order valence-electron chi connectivity index (χ1n) is 6.86. The number of amides is 2. The number of carboxylic acids is 1. The van der Waals surface area contributed by atoms with Crippen LogP contribution in [0.4, 0.5) is 4.79 Å². The Hall–Kier alpha value is -2.12. The van der Waals surface area contributed by atoms with Crippen LogP contribution in [0.2, 0.25) is 0 Å². The van der Waals surface area contributed by atoms with Crippen molar-refractivity contribution < 1.29 is 14.7 Å². The number of carbonyl (C=O) groups is 2. The molecule has 118 valence electrons. The second-order valence-corrected chi connectivity index (χ2v) is 6.10. The molecule has 8 nitrogen and oxygen atoms in total. The van der Waals surface area contributed by atoms with Gasteiger partial charge >= 0.3 is 12.0 Å². The molecule has 0 radical (unpaired) electrons. The number of nitrogens with zero attached hydrogens (tertiary/aromatic N) is 3. The average molecular weight is 297 g/mol. The van der Waals surface area contributed by atoms with E-state index in [9.17, 15) is 9.59 Å². The quantitative estimate of drug-likeness (QED) is 0.687. The predicted octanol–water partition coefficient (Wildman–Crippen LogP) is 0.714. The zero-order valence-corrected chi connectivity index (χ0v) is 12.7. The molecular weight excluding hydrogens is 274 g/mol. The Morgan fingerprint density at radius 2 is 2.05 bits per heavy atom. The summed E-state index contributed by atoms with van der Waals surface area (Å²) in [6.07, 6.45) is 3.76. The van der Waals surface area contributed by atoms with Gasteiger partial charge in [-0.25, -0.2) is 4.79 Å². The Balaban J connectivity index is 2.27. The molecule has 1 atom stereocenters. The molecule has 0 aliphatic heterocycles. The van der Waals surface area contributed by atoms with Crippen LogP contribution >= 0.6 is 0 Å². The summed E-state index contributed by atoms with van der Waals surface area (Å²) >= 11 is 0. The fourth-order valence-electron chi connectivity index (χ4n) is 1.90. The van der Waals surface area contributed by atoms with Gasteiger partial charge in [-0.2, -0.15) is 0 Å². The van der Waals surface area contributed by atoms with Crippen LogP contribution in [0.1, 0.15) is 27.2 Å². The van der Waals surface area contributed by atoms with Crippen molar-refractivity contribution in [2.45, 2.75) is 33.7 Å². The number of carboxylic acid groups (broad SMARTS) is 1. The monoisotopic (exact) mass is 297 g/mol. The van der Waals surface area contributed by atoms with Gasteiger partial charge < -0.3 is 15.7 Å². The largest absolute Gasteiger partial charge is 0.481 e. The van der Waals surface area contributed by atoms with E-state index in [2.05, 4.69) is 20.9 Å². The highest BCUT2D eigenvalue weighted by molar-refractivity contribution is 5.75. The molecule has 1 rings (SSSR count). The van der Waals surface area contributed by atoms with E-state index in [1.165, 1.54) is 0 Å². The molecule has 0 aliphatic rings. The maximum atomic E-state index is 11.6. The lowest BCUT2D eigenvalue weighted by molar-refractivity contribution is -0.142. The van der Waals surface area contributed by atoms with Gasteiger partial charge in [-0.3, -0.25) is 9.48 Å². The van der Waals surface area contributed by atoms with Gasteiger partial charge in [0.2, 0.25) is 0 Å². The lowest BCUT2D eigenvalue weighted by Gasteiger charge is -2.23. The maximum absolute atomic E-state index is 11.6. The molecule has 1 aromatic heterocycles. The number of carbonyl (C=O) groups excluding carboxylic acids is 1. The molecule has 21 heavy (non-hydrogen) atoms. The Labute approximate surface area is 123 Å². The molecule has 0 aliphatic carbocycles. The van der Waals surface area contributed by atoms with Crippen LogP contribution < -0.4 is 10.6 Å². The van der Waals surface area contributed by atoms with Crippen molar-refractivity contribution in [1.82, 2.24) is 25.6 Å². The summed E-state index contributed by atoms with van der Waals surface area (Å²) < 4.78 is 1.60. The van der Waals surface area contributed by atoms with Crippen molar-refractivity contribution >= 4 is 12.0 Å². The maximum Gasteiger partial charge on any atom is 0.314 e. The fraction of sp³-hybridized carbons (Fsp3) is 0.692. The van der Waals surface area contributed by atoms with Crippen molar-refractivity contribution in [1.29, 1.82) is 0 Å². The Kier molecular flexibility index (Phi) is 6.13. The van der Waals surface area contributed by atoms with Gasteiger partial charge in [-0.1, -0.05) is 26.0 Å². The number of nitrogens with one attached hydrogen (secondary N) is 2. The van der Waals surface area contributed by atoms with Gasteiger partial charge in [0.1, 0.15) is 0 Å². The molecule has 8 heteroatoms. The molecule has 2 amide bonds. The van der Waals surface area contributed by atoms with Crippen LogP contribution in [0.5, 0.6) is 0 Å². The first kappa shape index (κ1) is 16.9. The Morgan fingerprint density at radius 3 is 2.57 bits per heavy atom. The van der Waals surface area contributed by atoms with E-state index in [1.807, 2.05) is 20.8 Å². The van der Waals surface area contributed by atoms with Crippen LogP contribution in [0.25, 0.3) is 0 Å². The average Bonchev–Trinajstić information content (AvgIpc) is 2.86. The Bertz CT molecular complexity index is 453. The Morgan fingerprint density at radius 1 is 1.33 bits per heavy atom. The van der Waals surface area contributed by atoms with Gasteiger partial charge in [0.05, 0.1) is 18.7 Å². The van der Waals surface area contributed by atoms with E-state index in [0.29, 0.717) is 19.5 Å². The molecule has 0 spiro atoms. The number of rotatable bonds is 7. The lowest BCUT2D eigenvalue weighted by Crippen LogP contribution is -2.41. The summed E-state index contributed by atoms with van der Waals surface area (Å²) in [5, 5.41) is 21.8. The van der Waals surface area contributed by atoms with E-state index in [4.69, 9.17) is 5.11 Å². The van der Waals surface area contributed by atoms with Gasteiger partial charge in [0, 0.05) is 19.3 Å².